The van der Waals surface area contributed by atoms with Gasteiger partial charge in [0.15, 0.2) is 0 Å². The van der Waals surface area contributed by atoms with Gasteiger partial charge in [-0.15, -0.1) is 0 Å². The number of carbonyl (C=O) groups is 1. The minimum atomic E-state index is -0.414. The summed E-state index contributed by atoms with van der Waals surface area (Å²) in [7, 11) is 0. The van der Waals surface area contributed by atoms with E-state index in [1.54, 1.807) is 6.92 Å². The number of aromatic amines is 1. The molecular formula is C20H22N2O2. The van der Waals surface area contributed by atoms with Crippen LogP contribution in [0.3, 0.4) is 0 Å². The van der Waals surface area contributed by atoms with Crippen LogP contribution in [0.25, 0.3) is 10.9 Å². The molecule has 0 spiro atoms. The molecule has 0 bridgehead atoms. The molecule has 0 saturated heterocycles. The molecule has 2 unspecified atom stereocenters. The van der Waals surface area contributed by atoms with Crippen LogP contribution in [-0.4, -0.2) is 28.6 Å². The Balaban J connectivity index is 1.70. The highest BCUT2D eigenvalue weighted by molar-refractivity contribution is 5.98. The molecule has 4 nitrogen and oxygen atoms in total. The number of hydrogen-bond donors (Lipinski definition) is 3. The number of nitrogens with one attached hydrogen (secondary N) is 2. The lowest BCUT2D eigenvalue weighted by Gasteiger charge is -2.19. The predicted octanol–water partition coefficient (Wildman–Crippen LogP) is 3.45. The normalized spacial score (nSPS) is 13.6. The van der Waals surface area contributed by atoms with Gasteiger partial charge in [0, 0.05) is 35.1 Å². The molecule has 0 aliphatic carbocycles. The molecule has 0 fully saturated rings. The first kappa shape index (κ1) is 16.3. The van der Waals surface area contributed by atoms with E-state index in [-0.39, 0.29) is 11.8 Å². The third kappa shape index (κ3) is 3.84. The van der Waals surface area contributed by atoms with Gasteiger partial charge in [-0.2, -0.15) is 0 Å². The standard InChI is InChI=1S/C20H22N2O2/c1-14(23)11-18(15-5-3-2-4-6-15)13-22-20(24)17-7-8-19-16(12-17)9-10-21-19/h2-10,12,14,18,21,23H,11,13H2,1H3,(H,22,24). The zero-order valence-electron chi connectivity index (χ0n) is 13.7. The second kappa shape index (κ2) is 7.32. The van der Waals surface area contributed by atoms with Gasteiger partial charge in [0.25, 0.3) is 5.91 Å². The van der Waals surface area contributed by atoms with E-state index in [0.29, 0.717) is 18.5 Å². The Hall–Kier alpha value is -2.59. The lowest BCUT2D eigenvalue weighted by atomic mass is 9.93. The Morgan fingerprint density at radius 3 is 2.71 bits per heavy atom. The van der Waals surface area contributed by atoms with Gasteiger partial charge in [-0.1, -0.05) is 30.3 Å². The van der Waals surface area contributed by atoms with Gasteiger partial charge in [-0.05, 0) is 43.2 Å². The Bertz CT molecular complexity index is 809. The van der Waals surface area contributed by atoms with Crippen LogP contribution in [0.1, 0.15) is 35.2 Å². The molecule has 4 heteroatoms. The number of hydrogen-bond acceptors (Lipinski definition) is 2. The summed E-state index contributed by atoms with van der Waals surface area (Å²) < 4.78 is 0. The number of aromatic nitrogens is 1. The van der Waals surface area contributed by atoms with Gasteiger partial charge >= 0.3 is 0 Å². The quantitative estimate of drug-likeness (QED) is 0.651. The van der Waals surface area contributed by atoms with E-state index in [0.717, 1.165) is 16.5 Å². The van der Waals surface area contributed by atoms with Gasteiger partial charge in [0.1, 0.15) is 0 Å². The maximum atomic E-state index is 12.4. The number of rotatable bonds is 6. The third-order valence-electron chi connectivity index (χ3n) is 4.22. The van der Waals surface area contributed by atoms with Gasteiger partial charge in [-0.3, -0.25) is 4.79 Å². The molecule has 3 aromatic rings. The van der Waals surface area contributed by atoms with Crippen LogP contribution in [0.15, 0.2) is 60.8 Å². The molecule has 24 heavy (non-hydrogen) atoms. The van der Waals surface area contributed by atoms with Crippen molar-refractivity contribution >= 4 is 16.8 Å². The van der Waals surface area contributed by atoms with Gasteiger partial charge in [0.05, 0.1) is 6.10 Å². The molecule has 0 saturated carbocycles. The summed E-state index contributed by atoms with van der Waals surface area (Å²) in [6.45, 7) is 2.27. The van der Waals surface area contributed by atoms with Gasteiger partial charge < -0.3 is 15.4 Å². The summed E-state index contributed by atoms with van der Waals surface area (Å²) in [5, 5.41) is 13.8. The maximum absolute atomic E-state index is 12.4. The number of benzene rings is 2. The van der Waals surface area contributed by atoms with Crippen molar-refractivity contribution in [3.8, 4) is 0 Å². The fourth-order valence-corrected chi connectivity index (χ4v) is 2.99. The van der Waals surface area contributed by atoms with E-state index in [9.17, 15) is 9.90 Å². The Kier molecular flexibility index (Phi) is 4.96. The van der Waals surface area contributed by atoms with Gasteiger partial charge in [0.2, 0.25) is 0 Å². The van der Waals surface area contributed by atoms with Crippen LogP contribution in [-0.2, 0) is 0 Å². The fourth-order valence-electron chi connectivity index (χ4n) is 2.99. The summed E-state index contributed by atoms with van der Waals surface area (Å²) in [5.41, 5.74) is 2.79. The topological polar surface area (TPSA) is 65.1 Å². The number of carbonyl (C=O) groups excluding carboxylic acids is 1. The molecular weight excluding hydrogens is 300 g/mol. The minimum Gasteiger partial charge on any atom is -0.393 e. The van der Waals surface area contributed by atoms with Crippen molar-refractivity contribution in [2.75, 3.05) is 6.54 Å². The molecule has 124 valence electrons. The molecule has 1 aromatic heterocycles. The van der Waals surface area contributed by atoms with Crippen LogP contribution in [0.2, 0.25) is 0 Å². The molecule has 0 radical (unpaired) electrons. The first-order valence-corrected chi connectivity index (χ1v) is 8.22. The van der Waals surface area contributed by atoms with E-state index in [1.807, 2.05) is 60.8 Å². The average molecular weight is 322 g/mol. The Morgan fingerprint density at radius 2 is 1.96 bits per heavy atom. The monoisotopic (exact) mass is 322 g/mol. The zero-order valence-corrected chi connectivity index (χ0v) is 13.7. The van der Waals surface area contributed by atoms with E-state index in [4.69, 9.17) is 0 Å². The summed E-state index contributed by atoms with van der Waals surface area (Å²) in [4.78, 5) is 15.6. The highest BCUT2D eigenvalue weighted by Crippen LogP contribution is 2.21. The van der Waals surface area contributed by atoms with Gasteiger partial charge in [-0.25, -0.2) is 0 Å². The Morgan fingerprint density at radius 1 is 1.17 bits per heavy atom. The SMILES string of the molecule is CC(O)CC(CNC(=O)c1ccc2[nH]ccc2c1)c1ccccc1. The third-order valence-corrected chi connectivity index (χ3v) is 4.22. The average Bonchev–Trinajstić information content (AvgIpc) is 3.06. The van der Waals surface area contributed by atoms with Crippen molar-refractivity contribution < 1.29 is 9.90 Å². The second-order valence-corrected chi connectivity index (χ2v) is 6.18. The van der Waals surface area contributed by atoms with Crippen molar-refractivity contribution in [2.24, 2.45) is 0 Å². The molecule has 0 aliphatic rings. The lowest BCUT2D eigenvalue weighted by molar-refractivity contribution is 0.0945. The number of amides is 1. The highest BCUT2D eigenvalue weighted by Gasteiger charge is 2.16. The summed E-state index contributed by atoms with van der Waals surface area (Å²) in [6, 6.07) is 17.6. The maximum Gasteiger partial charge on any atom is 0.251 e. The highest BCUT2D eigenvalue weighted by atomic mass is 16.3. The van der Waals surface area contributed by atoms with Crippen molar-refractivity contribution in [2.45, 2.75) is 25.4 Å². The molecule has 1 amide bonds. The largest absolute Gasteiger partial charge is 0.393 e. The number of H-pyrrole nitrogens is 1. The van der Waals surface area contributed by atoms with E-state index < -0.39 is 6.10 Å². The Labute approximate surface area is 141 Å². The molecule has 3 rings (SSSR count). The first-order chi connectivity index (χ1) is 11.6. The first-order valence-electron chi connectivity index (χ1n) is 8.22. The fraction of sp³-hybridized carbons (Fsp3) is 0.250. The number of aliphatic hydroxyl groups excluding tert-OH is 1. The second-order valence-electron chi connectivity index (χ2n) is 6.18. The van der Waals surface area contributed by atoms with Crippen molar-refractivity contribution in [1.82, 2.24) is 10.3 Å². The number of aliphatic hydroxyl groups is 1. The van der Waals surface area contributed by atoms with Crippen molar-refractivity contribution in [3.63, 3.8) is 0 Å². The molecule has 0 aliphatic heterocycles. The minimum absolute atomic E-state index is 0.0890. The molecule has 3 N–H and O–H groups in total. The molecule has 2 aromatic carbocycles. The van der Waals surface area contributed by atoms with Crippen LogP contribution in [0.5, 0.6) is 0 Å². The zero-order chi connectivity index (χ0) is 16.9. The van der Waals surface area contributed by atoms with E-state index >= 15 is 0 Å². The number of fused-ring (bicyclic) bond motifs is 1. The molecule has 1 heterocycles. The summed E-state index contributed by atoms with van der Waals surface area (Å²) in [5.74, 6) is -0.00392. The molecule has 2 atom stereocenters. The summed E-state index contributed by atoms with van der Waals surface area (Å²) in [6.07, 6.45) is 2.06. The smallest absolute Gasteiger partial charge is 0.251 e. The van der Waals surface area contributed by atoms with E-state index in [1.165, 1.54) is 0 Å². The van der Waals surface area contributed by atoms with Crippen LogP contribution in [0.4, 0.5) is 0 Å². The van der Waals surface area contributed by atoms with Crippen LogP contribution >= 0.6 is 0 Å². The lowest BCUT2D eigenvalue weighted by Crippen LogP contribution is -2.29. The van der Waals surface area contributed by atoms with Crippen molar-refractivity contribution in [1.29, 1.82) is 0 Å². The van der Waals surface area contributed by atoms with Crippen LogP contribution < -0.4 is 5.32 Å². The van der Waals surface area contributed by atoms with Crippen LogP contribution in [0, 0.1) is 0 Å². The van der Waals surface area contributed by atoms with E-state index in [2.05, 4.69) is 10.3 Å². The van der Waals surface area contributed by atoms with Crippen molar-refractivity contribution in [3.05, 3.63) is 71.9 Å². The predicted molar refractivity (Wildman–Crippen MR) is 96.1 cm³/mol. The summed E-state index contributed by atoms with van der Waals surface area (Å²) >= 11 is 0.